The number of amides is 1. The van der Waals surface area contributed by atoms with Gasteiger partial charge in [0, 0.05) is 11.3 Å². The molecule has 4 nitrogen and oxygen atoms in total. The second-order valence-electron chi connectivity index (χ2n) is 4.91. The van der Waals surface area contributed by atoms with E-state index in [-0.39, 0.29) is 22.4 Å². The van der Waals surface area contributed by atoms with E-state index in [2.05, 4.69) is 10.3 Å². The summed E-state index contributed by atoms with van der Waals surface area (Å²) in [6.45, 7) is 3.88. The predicted molar refractivity (Wildman–Crippen MR) is 82.1 cm³/mol. The number of para-hydroxylation sites is 1. The van der Waals surface area contributed by atoms with Crippen molar-refractivity contribution in [1.82, 2.24) is 4.98 Å². The summed E-state index contributed by atoms with van der Waals surface area (Å²) in [6.07, 6.45) is 0. The molecular formula is C15H15ClFN3O. The summed E-state index contributed by atoms with van der Waals surface area (Å²) in [7, 11) is 0. The first kappa shape index (κ1) is 15.3. The lowest BCUT2D eigenvalue weighted by Gasteiger charge is -2.11. The van der Waals surface area contributed by atoms with E-state index in [9.17, 15) is 9.18 Å². The number of nitrogens with zero attached hydrogens (tertiary/aromatic N) is 1. The molecule has 0 aliphatic carbocycles. The van der Waals surface area contributed by atoms with Crippen LogP contribution in [0.2, 0.25) is 5.02 Å². The van der Waals surface area contributed by atoms with Crippen LogP contribution >= 0.6 is 11.6 Å². The average molecular weight is 308 g/mol. The maximum Gasteiger partial charge on any atom is 0.255 e. The fraction of sp³-hybridized carbons (Fsp3) is 0.200. The number of pyridine rings is 1. The molecule has 0 atom stereocenters. The van der Waals surface area contributed by atoms with E-state index in [4.69, 9.17) is 17.3 Å². The van der Waals surface area contributed by atoms with Gasteiger partial charge in [-0.15, -0.1) is 0 Å². The van der Waals surface area contributed by atoms with Crippen molar-refractivity contribution in [2.24, 2.45) is 0 Å². The van der Waals surface area contributed by atoms with Crippen LogP contribution in [0, 0.1) is 5.82 Å². The van der Waals surface area contributed by atoms with Crippen LogP contribution < -0.4 is 11.1 Å². The summed E-state index contributed by atoms with van der Waals surface area (Å²) < 4.78 is 13.7. The Morgan fingerprint density at radius 2 is 2.10 bits per heavy atom. The molecule has 0 saturated carbocycles. The molecule has 6 heteroatoms. The van der Waals surface area contributed by atoms with Gasteiger partial charge in [-0.2, -0.15) is 0 Å². The molecule has 0 radical (unpaired) electrons. The van der Waals surface area contributed by atoms with Gasteiger partial charge in [-0.25, -0.2) is 9.37 Å². The van der Waals surface area contributed by atoms with Crippen molar-refractivity contribution >= 4 is 29.0 Å². The third kappa shape index (κ3) is 3.49. The maximum atomic E-state index is 13.7. The summed E-state index contributed by atoms with van der Waals surface area (Å²) in [5.41, 5.74) is 6.65. The number of rotatable bonds is 3. The smallest absolute Gasteiger partial charge is 0.255 e. The molecular weight excluding hydrogens is 293 g/mol. The lowest BCUT2D eigenvalue weighted by Crippen LogP contribution is -2.15. The first-order valence-corrected chi connectivity index (χ1v) is 6.79. The number of carbonyl (C=O) groups excluding carboxylic acids is 1. The number of carbonyl (C=O) groups is 1. The van der Waals surface area contributed by atoms with Gasteiger partial charge in [0.05, 0.1) is 10.7 Å². The van der Waals surface area contributed by atoms with Gasteiger partial charge in [-0.3, -0.25) is 4.79 Å². The first-order valence-electron chi connectivity index (χ1n) is 6.41. The minimum Gasteiger partial charge on any atom is -0.384 e. The van der Waals surface area contributed by atoms with E-state index in [1.807, 2.05) is 13.8 Å². The van der Waals surface area contributed by atoms with Crippen LogP contribution in [-0.2, 0) is 0 Å². The van der Waals surface area contributed by atoms with Crippen molar-refractivity contribution in [3.8, 4) is 0 Å². The first-order chi connectivity index (χ1) is 9.88. The van der Waals surface area contributed by atoms with Crippen LogP contribution in [-0.4, -0.2) is 10.9 Å². The summed E-state index contributed by atoms with van der Waals surface area (Å²) in [5.74, 6) is -0.719. The van der Waals surface area contributed by atoms with Gasteiger partial charge in [0.1, 0.15) is 11.6 Å². The molecule has 3 N–H and O–H groups in total. The molecule has 110 valence electrons. The van der Waals surface area contributed by atoms with Crippen molar-refractivity contribution in [2.75, 3.05) is 11.1 Å². The molecule has 1 aromatic heterocycles. The Hall–Kier alpha value is -2.14. The predicted octanol–water partition coefficient (Wildman–Crippen LogP) is 3.83. The molecule has 0 bridgehead atoms. The Labute approximate surface area is 127 Å². The molecule has 0 saturated heterocycles. The number of nitrogen functional groups attached to an aromatic ring is 1. The van der Waals surface area contributed by atoms with Crippen molar-refractivity contribution < 1.29 is 9.18 Å². The second-order valence-corrected chi connectivity index (χ2v) is 5.32. The Morgan fingerprint density at radius 3 is 2.71 bits per heavy atom. The number of anilines is 2. The molecule has 2 rings (SSSR count). The minimum atomic E-state index is -0.595. The fourth-order valence-corrected chi connectivity index (χ4v) is 2.01. The Kier molecular flexibility index (Phi) is 4.43. The molecule has 1 aromatic carbocycles. The van der Waals surface area contributed by atoms with Crippen LogP contribution in [0.4, 0.5) is 15.9 Å². The third-order valence-electron chi connectivity index (χ3n) is 2.92. The topological polar surface area (TPSA) is 68.0 Å². The maximum absolute atomic E-state index is 13.7. The fourth-order valence-electron chi connectivity index (χ4n) is 1.80. The number of benzene rings is 1. The standard InChI is InChI=1S/C15H15ClFN3O/c1-8(2)12-6-9(7-13(18)19-12)15(21)20-14-10(16)4-3-5-11(14)17/h3-8H,1-2H3,(H2,18,19)(H,20,21). The molecule has 21 heavy (non-hydrogen) atoms. The molecule has 0 unspecified atom stereocenters. The Balaban J connectivity index is 2.33. The number of hydrogen-bond acceptors (Lipinski definition) is 3. The molecule has 0 spiro atoms. The highest BCUT2D eigenvalue weighted by atomic mass is 35.5. The van der Waals surface area contributed by atoms with Gasteiger partial charge in [-0.1, -0.05) is 31.5 Å². The molecule has 1 heterocycles. The van der Waals surface area contributed by atoms with Crippen molar-refractivity contribution in [2.45, 2.75) is 19.8 Å². The number of halogens is 2. The average Bonchev–Trinajstić information content (AvgIpc) is 2.42. The van der Waals surface area contributed by atoms with Gasteiger partial charge in [0.15, 0.2) is 0 Å². The van der Waals surface area contributed by atoms with Gasteiger partial charge in [-0.05, 0) is 30.2 Å². The van der Waals surface area contributed by atoms with Gasteiger partial charge in [0.2, 0.25) is 0 Å². The van der Waals surface area contributed by atoms with Gasteiger partial charge >= 0.3 is 0 Å². The summed E-state index contributed by atoms with van der Waals surface area (Å²) in [5, 5.41) is 2.59. The second kappa shape index (κ2) is 6.10. The van der Waals surface area contributed by atoms with Gasteiger partial charge < -0.3 is 11.1 Å². The lowest BCUT2D eigenvalue weighted by atomic mass is 10.1. The number of nitrogens with one attached hydrogen (secondary N) is 1. The van der Waals surface area contributed by atoms with E-state index >= 15 is 0 Å². The Bertz CT molecular complexity index is 668. The van der Waals surface area contributed by atoms with E-state index in [0.717, 1.165) is 0 Å². The highest BCUT2D eigenvalue weighted by molar-refractivity contribution is 6.34. The third-order valence-corrected chi connectivity index (χ3v) is 3.23. The van der Waals surface area contributed by atoms with Crippen LogP contribution in [0.3, 0.4) is 0 Å². The van der Waals surface area contributed by atoms with Crippen LogP contribution in [0.5, 0.6) is 0 Å². The highest BCUT2D eigenvalue weighted by Crippen LogP contribution is 2.25. The van der Waals surface area contributed by atoms with E-state index < -0.39 is 11.7 Å². The normalized spacial score (nSPS) is 10.7. The molecule has 1 amide bonds. The van der Waals surface area contributed by atoms with E-state index in [1.165, 1.54) is 24.3 Å². The highest BCUT2D eigenvalue weighted by Gasteiger charge is 2.14. The van der Waals surface area contributed by atoms with Crippen molar-refractivity contribution in [3.05, 3.63) is 52.4 Å². The Morgan fingerprint density at radius 1 is 1.38 bits per heavy atom. The summed E-state index contributed by atoms with van der Waals surface area (Å²) in [6, 6.07) is 7.26. The molecule has 2 aromatic rings. The molecule has 0 fully saturated rings. The van der Waals surface area contributed by atoms with Crippen molar-refractivity contribution in [1.29, 1.82) is 0 Å². The van der Waals surface area contributed by atoms with Crippen LogP contribution in [0.15, 0.2) is 30.3 Å². The number of nitrogens with two attached hydrogens (primary N) is 1. The monoisotopic (exact) mass is 307 g/mol. The zero-order chi connectivity index (χ0) is 15.6. The van der Waals surface area contributed by atoms with E-state index in [1.54, 1.807) is 6.07 Å². The summed E-state index contributed by atoms with van der Waals surface area (Å²) in [4.78, 5) is 16.4. The van der Waals surface area contributed by atoms with Gasteiger partial charge in [0.25, 0.3) is 5.91 Å². The van der Waals surface area contributed by atoms with Crippen LogP contribution in [0.1, 0.15) is 35.8 Å². The molecule has 0 aliphatic heterocycles. The van der Waals surface area contributed by atoms with Crippen molar-refractivity contribution in [3.63, 3.8) is 0 Å². The largest absolute Gasteiger partial charge is 0.384 e. The minimum absolute atomic E-state index is 0.0503. The quantitative estimate of drug-likeness (QED) is 0.905. The zero-order valence-corrected chi connectivity index (χ0v) is 12.4. The number of aromatic nitrogens is 1. The lowest BCUT2D eigenvalue weighted by molar-refractivity contribution is 0.102. The van der Waals surface area contributed by atoms with E-state index in [0.29, 0.717) is 11.3 Å². The SMILES string of the molecule is CC(C)c1cc(C(=O)Nc2c(F)cccc2Cl)cc(N)n1. The zero-order valence-electron chi connectivity index (χ0n) is 11.7. The summed E-state index contributed by atoms with van der Waals surface area (Å²) >= 11 is 5.88. The van der Waals surface area contributed by atoms with Crippen LogP contribution in [0.25, 0.3) is 0 Å². The molecule has 0 aliphatic rings. The number of hydrogen-bond donors (Lipinski definition) is 2.